The van der Waals surface area contributed by atoms with Gasteiger partial charge >= 0.3 is 0 Å². The number of halogens is 2. The third kappa shape index (κ3) is 3.04. The molecular weight excluding hydrogens is 311 g/mol. The molecule has 1 N–H and O–H groups in total. The number of benzene rings is 1. The summed E-state index contributed by atoms with van der Waals surface area (Å²) in [6.07, 6.45) is 2.09. The minimum absolute atomic E-state index is 0.0769. The molecule has 4 nitrogen and oxygen atoms in total. The zero-order chi connectivity index (χ0) is 15.0. The largest absolute Gasteiger partial charge is 0.393 e. The van der Waals surface area contributed by atoms with Crippen molar-refractivity contribution < 1.29 is 9.90 Å². The summed E-state index contributed by atoms with van der Waals surface area (Å²) in [6.45, 7) is 2.26. The maximum Gasteiger partial charge on any atom is 0.244 e. The standard InChI is InChI=1S/C15H18Cl2N2O2/c16-12-2-1-10(9-13(12)17)19-8-5-14(15(19)21)18-6-3-11(20)4-7-18/h1-2,9,11,14,20H,3-8H2. The quantitative estimate of drug-likeness (QED) is 0.907. The molecule has 3 rings (SSSR count). The van der Waals surface area contributed by atoms with E-state index in [1.807, 2.05) is 6.07 Å². The van der Waals surface area contributed by atoms with Crippen LogP contribution in [0.2, 0.25) is 10.0 Å². The molecule has 0 aliphatic carbocycles. The molecule has 6 heteroatoms. The molecule has 1 unspecified atom stereocenters. The smallest absolute Gasteiger partial charge is 0.244 e. The molecule has 2 aliphatic rings. The summed E-state index contributed by atoms with van der Waals surface area (Å²) in [5, 5.41) is 10.5. The summed E-state index contributed by atoms with van der Waals surface area (Å²) in [5.74, 6) is 0.116. The summed E-state index contributed by atoms with van der Waals surface area (Å²) in [7, 11) is 0. The average molecular weight is 329 g/mol. The summed E-state index contributed by atoms with van der Waals surface area (Å²) in [6, 6.07) is 5.21. The van der Waals surface area contributed by atoms with Crippen molar-refractivity contribution in [2.45, 2.75) is 31.4 Å². The van der Waals surface area contributed by atoms with E-state index in [4.69, 9.17) is 23.2 Å². The van der Waals surface area contributed by atoms with Crippen LogP contribution in [0.5, 0.6) is 0 Å². The molecule has 1 aromatic rings. The lowest BCUT2D eigenvalue weighted by atomic mass is 10.1. The Kier molecular flexibility index (Phi) is 4.41. The van der Waals surface area contributed by atoms with Crippen LogP contribution in [0.3, 0.4) is 0 Å². The van der Waals surface area contributed by atoms with Crippen molar-refractivity contribution in [1.82, 2.24) is 4.90 Å². The van der Waals surface area contributed by atoms with E-state index in [0.717, 1.165) is 38.0 Å². The van der Waals surface area contributed by atoms with Gasteiger partial charge < -0.3 is 10.0 Å². The van der Waals surface area contributed by atoms with Gasteiger partial charge in [0.1, 0.15) is 0 Å². The zero-order valence-electron chi connectivity index (χ0n) is 11.6. The fourth-order valence-corrected chi connectivity index (χ4v) is 3.40. The predicted octanol–water partition coefficient (Wildman–Crippen LogP) is 2.56. The number of aliphatic hydroxyl groups excluding tert-OH is 1. The van der Waals surface area contributed by atoms with Crippen molar-refractivity contribution in [2.75, 3.05) is 24.5 Å². The second kappa shape index (κ2) is 6.13. The Bertz CT molecular complexity index is 544. The van der Waals surface area contributed by atoms with Crippen LogP contribution >= 0.6 is 23.2 Å². The first-order valence-corrected chi connectivity index (χ1v) is 8.00. The summed E-state index contributed by atoms with van der Waals surface area (Å²) in [5.41, 5.74) is 0.800. The van der Waals surface area contributed by atoms with Crippen molar-refractivity contribution in [3.8, 4) is 0 Å². The van der Waals surface area contributed by atoms with Gasteiger partial charge in [-0.3, -0.25) is 9.69 Å². The third-order valence-electron chi connectivity index (χ3n) is 4.33. The maximum atomic E-state index is 12.6. The van der Waals surface area contributed by atoms with Gasteiger partial charge in [-0.15, -0.1) is 0 Å². The molecule has 1 aromatic carbocycles. The molecule has 0 spiro atoms. The molecule has 2 heterocycles. The van der Waals surface area contributed by atoms with Crippen molar-refractivity contribution >= 4 is 34.8 Å². The second-order valence-corrected chi connectivity index (χ2v) is 6.47. The number of piperidine rings is 1. The molecule has 2 saturated heterocycles. The summed E-state index contributed by atoms with van der Waals surface area (Å²) in [4.78, 5) is 16.6. The van der Waals surface area contributed by atoms with E-state index in [2.05, 4.69) is 4.90 Å². The Hall–Kier alpha value is -0.810. The van der Waals surface area contributed by atoms with Crippen LogP contribution in [0.25, 0.3) is 0 Å². The average Bonchev–Trinajstić information content (AvgIpc) is 2.85. The van der Waals surface area contributed by atoms with Gasteiger partial charge in [-0.1, -0.05) is 23.2 Å². The van der Waals surface area contributed by atoms with Gasteiger partial charge in [-0.2, -0.15) is 0 Å². The first-order valence-electron chi connectivity index (χ1n) is 7.25. The normalized spacial score (nSPS) is 24.8. The first-order chi connectivity index (χ1) is 10.1. The zero-order valence-corrected chi connectivity index (χ0v) is 13.1. The molecular formula is C15H18Cl2N2O2. The Labute approximate surface area is 134 Å². The molecule has 0 radical (unpaired) electrons. The summed E-state index contributed by atoms with van der Waals surface area (Å²) >= 11 is 12.0. The molecule has 1 amide bonds. The number of hydrogen-bond acceptors (Lipinski definition) is 3. The lowest BCUT2D eigenvalue weighted by Crippen LogP contribution is -2.46. The number of carbonyl (C=O) groups is 1. The highest BCUT2D eigenvalue weighted by molar-refractivity contribution is 6.42. The molecule has 0 bridgehead atoms. The minimum Gasteiger partial charge on any atom is -0.393 e. The number of rotatable bonds is 2. The van der Waals surface area contributed by atoms with E-state index in [1.165, 1.54) is 0 Å². The first kappa shape index (κ1) is 15.1. The topological polar surface area (TPSA) is 43.8 Å². The highest BCUT2D eigenvalue weighted by Gasteiger charge is 2.37. The SMILES string of the molecule is O=C1C(N2CCC(O)CC2)CCN1c1ccc(Cl)c(Cl)c1. The third-order valence-corrected chi connectivity index (χ3v) is 5.07. The van der Waals surface area contributed by atoms with Gasteiger partial charge in [0.05, 0.1) is 22.2 Å². The fourth-order valence-electron chi connectivity index (χ4n) is 3.11. The van der Waals surface area contributed by atoms with Crippen molar-refractivity contribution in [3.05, 3.63) is 28.2 Å². The lowest BCUT2D eigenvalue weighted by molar-refractivity contribution is -0.122. The Balaban J connectivity index is 1.72. The minimum atomic E-state index is -0.219. The van der Waals surface area contributed by atoms with Gasteiger partial charge in [0.25, 0.3) is 0 Å². The van der Waals surface area contributed by atoms with Crippen molar-refractivity contribution in [3.63, 3.8) is 0 Å². The molecule has 2 fully saturated rings. The number of nitrogens with zero attached hydrogens (tertiary/aromatic N) is 2. The van der Waals surface area contributed by atoms with E-state index in [9.17, 15) is 9.90 Å². The molecule has 0 saturated carbocycles. The molecule has 21 heavy (non-hydrogen) atoms. The predicted molar refractivity (Wildman–Crippen MR) is 84.0 cm³/mol. The van der Waals surface area contributed by atoms with E-state index < -0.39 is 0 Å². The molecule has 0 aromatic heterocycles. The number of hydrogen-bond donors (Lipinski definition) is 1. The van der Waals surface area contributed by atoms with Gasteiger partial charge in [-0.05, 0) is 37.5 Å². The Morgan fingerprint density at radius 1 is 1.05 bits per heavy atom. The van der Waals surface area contributed by atoms with Crippen molar-refractivity contribution in [1.29, 1.82) is 0 Å². The van der Waals surface area contributed by atoms with E-state index in [0.29, 0.717) is 16.6 Å². The summed E-state index contributed by atoms with van der Waals surface area (Å²) < 4.78 is 0. The van der Waals surface area contributed by atoms with Gasteiger partial charge in [-0.25, -0.2) is 0 Å². The van der Waals surface area contributed by atoms with Crippen LogP contribution in [-0.2, 0) is 4.79 Å². The van der Waals surface area contributed by atoms with E-state index in [-0.39, 0.29) is 18.1 Å². The molecule has 1 atom stereocenters. The van der Waals surface area contributed by atoms with E-state index in [1.54, 1.807) is 17.0 Å². The van der Waals surface area contributed by atoms with Crippen LogP contribution in [-0.4, -0.2) is 47.7 Å². The monoisotopic (exact) mass is 328 g/mol. The number of amides is 1. The number of likely N-dealkylation sites (tertiary alicyclic amines) is 1. The van der Waals surface area contributed by atoms with Crippen LogP contribution in [0, 0.1) is 0 Å². The second-order valence-electron chi connectivity index (χ2n) is 5.66. The van der Waals surface area contributed by atoms with Crippen molar-refractivity contribution in [2.24, 2.45) is 0 Å². The van der Waals surface area contributed by atoms with Crippen LogP contribution < -0.4 is 4.90 Å². The van der Waals surface area contributed by atoms with Gasteiger partial charge in [0, 0.05) is 25.3 Å². The molecule has 114 valence electrons. The van der Waals surface area contributed by atoms with E-state index >= 15 is 0 Å². The Morgan fingerprint density at radius 3 is 2.43 bits per heavy atom. The lowest BCUT2D eigenvalue weighted by Gasteiger charge is -2.33. The number of carbonyl (C=O) groups excluding carboxylic acids is 1. The maximum absolute atomic E-state index is 12.6. The highest BCUT2D eigenvalue weighted by atomic mass is 35.5. The van der Waals surface area contributed by atoms with Gasteiger partial charge in [0.15, 0.2) is 0 Å². The van der Waals surface area contributed by atoms with Gasteiger partial charge in [0.2, 0.25) is 5.91 Å². The van der Waals surface area contributed by atoms with Crippen LogP contribution in [0.4, 0.5) is 5.69 Å². The van der Waals surface area contributed by atoms with Crippen LogP contribution in [0.15, 0.2) is 18.2 Å². The number of aliphatic hydroxyl groups is 1. The fraction of sp³-hybridized carbons (Fsp3) is 0.533. The Morgan fingerprint density at radius 2 is 1.76 bits per heavy atom. The highest BCUT2D eigenvalue weighted by Crippen LogP contribution is 2.31. The molecule has 2 aliphatic heterocycles. The number of anilines is 1. The van der Waals surface area contributed by atoms with Crippen LogP contribution in [0.1, 0.15) is 19.3 Å².